The fraction of sp³-hybridized carbons (Fsp3) is 0.333. The second kappa shape index (κ2) is 11.8. The molecule has 0 saturated heterocycles. The molecule has 0 heterocycles. The van der Waals surface area contributed by atoms with Crippen molar-refractivity contribution in [3.63, 3.8) is 0 Å². The fourth-order valence-electron chi connectivity index (χ4n) is 0.786. The van der Waals surface area contributed by atoms with E-state index in [4.69, 9.17) is 0 Å². The molecule has 1 heteroatoms. The summed E-state index contributed by atoms with van der Waals surface area (Å²) in [6.45, 7) is 0. The van der Waals surface area contributed by atoms with Crippen LogP contribution in [-0.2, 0) is 22.9 Å². The van der Waals surface area contributed by atoms with Gasteiger partial charge in [0, 0.05) is 0 Å². The molecule has 0 radical (unpaired) electrons. The minimum atomic E-state index is 0.0833. The third kappa shape index (κ3) is 11.8. The van der Waals surface area contributed by atoms with Gasteiger partial charge in [0.2, 0.25) is 0 Å². The Morgan fingerprint density at radius 1 is 0.692 bits per heavy atom. The number of hydrogen-bond acceptors (Lipinski definition) is 0. The maximum absolute atomic E-state index is 2.32. The molecule has 0 spiro atoms. The van der Waals surface area contributed by atoms with Gasteiger partial charge in [0.1, 0.15) is 0 Å². The van der Waals surface area contributed by atoms with Crippen LogP contribution in [0, 0.1) is 0 Å². The van der Waals surface area contributed by atoms with E-state index in [1.807, 2.05) is 0 Å². The molecule has 0 aromatic heterocycles. The van der Waals surface area contributed by atoms with Crippen molar-refractivity contribution in [2.45, 2.75) is 22.2 Å². The van der Waals surface area contributed by atoms with Crippen molar-refractivity contribution in [2.24, 2.45) is 0 Å². The topological polar surface area (TPSA) is 0 Å². The summed E-state index contributed by atoms with van der Waals surface area (Å²) in [7, 11) is 0. The van der Waals surface area contributed by atoms with Gasteiger partial charge in [-0.15, -0.1) is 0 Å². The zero-order chi connectivity index (χ0) is 9.78. The van der Waals surface area contributed by atoms with Crippen LogP contribution in [0.2, 0.25) is 9.36 Å². The Kier molecular flexibility index (Phi) is 11.7. The fourth-order valence-corrected chi connectivity index (χ4v) is 0.786. The van der Waals surface area contributed by atoms with E-state index in [0.717, 1.165) is 12.8 Å². The third-order valence-corrected chi connectivity index (χ3v) is 1.31. The standard InChI is InChI=1S/2C5H6.2CH3.Hf/c2*1-2-4-5-3-1;;;/h2*1-4H,5H2;2*1H3;. The van der Waals surface area contributed by atoms with E-state index in [-0.39, 0.29) is 22.9 Å². The van der Waals surface area contributed by atoms with E-state index < -0.39 is 0 Å². The van der Waals surface area contributed by atoms with E-state index >= 15 is 0 Å². The predicted molar refractivity (Wildman–Crippen MR) is 57.5 cm³/mol. The molecule has 0 saturated carbocycles. The molecule has 2 rings (SSSR count). The average Bonchev–Trinajstić information content (AvgIpc) is 2.85. The molecule has 0 unspecified atom stereocenters. The van der Waals surface area contributed by atoms with E-state index in [2.05, 4.69) is 58.0 Å². The molecule has 0 atom stereocenters. The van der Waals surface area contributed by atoms with Crippen molar-refractivity contribution in [3.8, 4) is 0 Å². The van der Waals surface area contributed by atoms with E-state index in [1.54, 1.807) is 0 Å². The van der Waals surface area contributed by atoms with Gasteiger partial charge >= 0.3 is 32.3 Å². The van der Waals surface area contributed by atoms with Crippen molar-refractivity contribution in [2.75, 3.05) is 0 Å². The van der Waals surface area contributed by atoms with Crippen molar-refractivity contribution in [1.82, 2.24) is 0 Å². The Bertz CT molecular complexity index is 155. The molecule has 0 bridgehead atoms. The molecule has 0 N–H and O–H groups in total. The average molecular weight is 341 g/mol. The van der Waals surface area contributed by atoms with Crippen molar-refractivity contribution in [3.05, 3.63) is 48.6 Å². The molecule has 0 aromatic rings. The van der Waals surface area contributed by atoms with Crippen LogP contribution in [0.5, 0.6) is 0 Å². The van der Waals surface area contributed by atoms with Gasteiger partial charge in [0.25, 0.3) is 0 Å². The monoisotopic (exact) mass is 342 g/mol. The van der Waals surface area contributed by atoms with E-state index in [1.165, 1.54) is 0 Å². The first kappa shape index (κ1) is 12.8. The van der Waals surface area contributed by atoms with Crippen molar-refractivity contribution < 1.29 is 22.9 Å². The van der Waals surface area contributed by atoms with Crippen LogP contribution in [0.15, 0.2) is 48.6 Å². The zero-order valence-corrected chi connectivity index (χ0v) is 12.1. The Balaban J connectivity index is 0.000000174. The molecule has 0 aliphatic heterocycles. The first-order chi connectivity index (χ1) is 6.41. The molecular weight excluding hydrogens is 323 g/mol. The Morgan fingerprint density at radius 3 is 1.00 bits per heavy atom. The van der Waals surface area contributed by atoms with Crippen LogP contribution in [-0.4, -0.2) is 0 Å². The van der Waals surface area contributed by atoms with Gasteiger partial charge in [-0.2, -0.15) is 0 Å². The van der Waals surface area contributed by atoms with Gasteiger partial charge < -0.3 is 0 Å². The summed E-state index contributed by atoms with van der Waals surface area (Å²) in [5.41, 5.74) is 0. The summed E-state index contributed by atoms with van der Waals surface area (Å²) in [6, 6.07) is 0. The summed E-state index contributed by atoms with van der Waals surface area (Å²) < 4.78 is 4.64. The molecule has 2 aliphatic carbocycles. The Hall–Kier alpha value is -0.170. The minimum absolute atomic E-state index is 0.0833. The zero-order valence-electron chi connectivity index (χ0n) is 8.53. The normalized spacial score (nSPS) is 14.6. The van der Waals surface area contributed by atoms with Crippen LogP contribution in [0.25, 0.3) is 0 Å². The molecular formula is C12H18Hf. The van der Waals surface area contributed by atoms with Crippen LogP contribution in [0.4, 0.5) is 0 Å². The Morgan fingerprint density at radius 2 is 0.923 bits per heavy atom. The van der Waals surface area contributed by atoms with Gasteiger partial charge in [-0.1, -0.05) is 48.6 Å². The molecule has 13 heavy (non-hydrogen) atoms. The van der Waals surface area contributed by atoms with Gasteiger partial charge in [0.05, 0.1) is 0 Å². The third-order valence-electron chi connectivity index (χ3n) is 1.31. The first-order valence-corrected chi connectivity index (χ1v) is 11.8. The van der Waals surface area contributed by atoms with Crippen molar-refractivity contribution in [1.29, 1.82) is 0 Å². The summed E-state index contributed by atoms with van der Waals surface area (Å²) in [5.74, 6) is 0. The molecule has 2 aliphatic rings. The number of rotatable bonds is 0. The van der Waals surface area contributed by atoms with Crippen molar-refractivity contribution >= 4 is 0 Å². The quantitative estimate of drug-likeness (QED) is 0.581. The summed E-state index contributed by atoms with van der Waals surface area (Å²) >= 11 is 0.0833. The number of allylic oxidation sites excluding steroid dienone is 8. The molecule has 0 amide bonds. The maximum atomic E-state index is 2.32. The number of hydrogen-bond donors (Lipinski definition) is 0. The van der Waals surface area contributed by atoms with E-state index in [0.29, 0.717) is 0 Å². The predicted octanol–water partition coefficient (Wildman–Crippen LogP) is 4.17. The molecule has 0 aromatic carbocycles. The van der Waals surface area contributed by atoms with Gasteiger partial charge in [-0.3, -0.25) is 0 Å². The Labute approximate surface area is 93.5 Å². The van der Waals surface area contributed by atoms with Crippen LogP contribution in [0.3, 0.4) is 0 Å². The van der Waals surface area contributed by atoms with Gasteiger partial charge in [0.15, 0.2) is 0 Å². The second-order valence-electron chi connectivity index (χ2n) is 2.68. The van der Waals surface area contributed by atoms with Crippen LogP contribution in [0.1, 0.15) is 12.8 Å². The van der Waals surface area contributed by atoms with Gasteiger partial charge in [-0.25, -0.2) is 0 Å². The first-order valence-electron chi connectivity index (χ1n) is 4.63. The molecule has 70 valence electrons. The summed E-state index contributed by atoms with van der Waals surface area (Å²) in [4.78, 5) is 0. The van der Waals surface area contributed by atoms with Crippen LogP contribution < -0.4 is 0 Å². The van der Waals surface area contributed by atoms with E-state index in [9.17, 15) is 0 Å². The summed E-state index contributed by atoms with van der Waals surface area (Å²) in [5, 5.41) is 0. The van der Waals surface area contributed by atoms with Gasteiger partial charge in [-0.05, 0) is 12.8 Å². The summed E-state index contributed by atoms with van der Waals surface area (Å²) in [6.07, 6.45) is 19.0. The van der Waals surface area contributed by atoms with Crippen LogP contribution >= 0.6 is 0 Å². The second-order valence-corrected chi connectivity index (χ2v) is 6.28. The molecule has 0 nitrogen and oxygen atoms in total. The SMILES string of the molecule is C1=CCC=C1.C1=CCC=C1.[CH3][Hf][CH3]. The molecule has 0 fully saturated rings.